The number of halogens is 2. The summed E-state index contributed by atoms with van der Waals surface area (Å²) >= 11 is 5.39. The van der Waals surface area contributed by atoms with Crippen LogP contribution in [0.5, 0.6) is 0 Å². The second-order valence-corrected chi connectivity index (χ2v) is 3.59. The van der Waals surface area contributed by atoms with E-state index in [-0.39, 0.29) is 5.02 Å². The van der Waals surface area contributed by atoms with Crippen LogP contribution in [0.4, 0.5) is 3.89 Å². The summed E-state index contributed by atoms with van der Waals surface area (Å²) in [6.07, 6.45) is 0. The summed E-state index contributed by atoms with van der Waals surface area (Å²) in [6.45, 7) is 0. The molecule has 0 aliphatic carbocycles. The lowest BCUT2D eigenvalue weighted by molar-refractivity contribution is 0.552. The van der Waals surface area contributed by atoms with Crippen LogP contribution in [0.15, 0.2) is 29.2 Å². The molecule has 0 amide bonds. The van der Waals surface area contributed by atoms with Gasteiger partial charge in [-0.15, -0.1) is 3.89 Å². The van der Waals surface area contributed by atoms with E-state index in [2.05, 4.69) is 0 Å². The van der Waals surface area contributed by atoms with Crippen LogP contribution in [0.2, 0.25) is 5.02 Å². The van der Waals surface area contributed by atoms with E-state index in [1.54, 1.807) is 0 Å². The van der Waals surface area contributed by atoms with Crippen molar-refractivity contribution in [2.75, 3.05) is 0 Å². The molecule has 1 aromatic rings. The molecule has 0 bridgehead atoms. The summed E-state index contributed by atoms with van der Waals surface area (Å²) in [5.41, 5.74) is 0. The molecule has 0 radical (unpaired) electrons. The van der Waals surface area contributed by atoms with Gasteiger partial charge in [0.05, 0.1) is 5.02 Å². The zero-order valence-electron chi connectivity index (χ0n) is 5.29. The van der Waals surface area contributed by atoms with Crippen molar-refractivity contribution in [2.45, 2.75) is 4.90 Å². The summed E-state index contributed by atoms with van der Waals surface area (Å²) in [4.78, 5) is -0.485. The molecule has 0 heterocycles. The third-order valence-electron chi connectivity index (χ3n) is 1.10. The predicted molar refractivity (Wildman–Crippen MR) is 39.7 cm³/mol. The van der Waals surface area contributed by atoms with Gasteiger partial charge in [-0.05, 0) is 12.1 Å². The molecule has 0 N–H and O–H groups in total. The first-order chi connectivity index (χ1) is 5.02. The van der Waals surface area contributed by atoms with Gasteiger partial charge in [0.1, 0.15) is 4.90 Å². The maximum absolute atomic E-state index is 12.3. The van der Waals surface area contributed by atoms with Gasteiger partial charge in [-0.1, -0.05) is 23.7 Å². The minimum absolute atomic E-state index is 0.102. The van der Waals surface area contributed by atoms with Crippen molar-refractivity contribution < 1.29 is 12.3 Å². The lowest BCUT2D eigenvalue weighted by Crippen LogP contribution is -1.91. The molecule has 0 saturated heterocycles. The number of rotatable bonds is 1. The third-order valence-corrected chi connectivity index (χ3v) is 2.42. The van der Waals surface area contributed by atoms with E-state index >= 15 is 0 Å². The van der Waals surface area contributed by atoms with Gasteiger partial charge >= 0.3 is 10.2 Å². The Labute approximate surface area is 68.8 Å². The van der Waals surface area contributed by atoms with Crippen molar-refractivity contribution in [3.63, 3.8) is 0 Å². The Morgan fingerprint density at radius 2 is 1.82 bits per heavy atom. The molecule has 2 nitrogen and oxygen atoms in total. The third kappa shape index (κ3) is 1.91. The molecular formula is C6H4ClFO2S. The van der Waals surface area contributed by atoms with Gasteiger partial charge in [0, 0.05) is 0 Å². The summed E-state index contributed by atoms with van der Waals surface area (Å²) in [7, 11) is -4.67. The summed E-state index contributed by atoms with van der Waals surface area (Å²) in [5, 5.41) is -0.102. The number of hydrogen-bond donors (Lipinski definition) is 0. The van der Waals surface area contributed by atoms with Gasteiger partial charge in [0.2, 0.25) is 0 Å². The Morgan fingerprint density at radius 3 is 2.18 bits per heavy atom. The monoisotopic (exact) mass is 194 g/mol. The molecule has 0 fully saturated rings. The Hall–Kier alpha value is -0.610. The number of benzene rings is 1. The predicted octanol–water partition coefficient (Wildman–Crippen LogP) is 2.00. The van der Waals surface area contributed by atoms with Crippen LogP contribution in [0.3, 0.4) is 0 Å². The minimum atomic E-state index is -4.67. The van der Waals surface area contributed by atoms with Gasteiger partial charge in [-0.25, -0.2) is 0 Å². The van der Waals surface area contributed by atoms with Gasteiger partial charge < -0.3 is 0 Å². The van der Waals surface area contributed by atoms with E-state index in [9.17, 15) is 12.3 Å². The Bertz CT molecular complexity index is 361. The van der Waals surface area contributed by atoms with Crippen LogP contribution < -0.4 is 0 Å². The van der Waals surface area contributed by atoms with Gasteiger partial charge in [0.25, 0.3) is 0 Å². The first-order valence-corrected chi connectivity index (χ1v) is 4.47. The SMILES string of the molecule is O=S(=O)(F)c1ccccc1Cl. The molecule has 0 atom stereocenters. The highest BCUT2D eigenvalue weighted by Crippen LogP contribution is 2.21. The summed E-state index contributed by atoms with van der Waals surface area (Å²) < 4.78 is 32.9. The molecule has 0 saturated carbocycles. The van der Waals surface area contributed by atoms with E-state index < -0.39 is 15.1 Å². The summed E-state index contributed by atoms with van der Waals surface area (Å²) in [6, 6.07) is 5.35. The Balaban J connectivity index is 3.37. The van der Waals surface area contributed by atoms with E-state index in [1.807, 2.05) is 0 Å². The van der Waals surface area contributed by atoms with Crippen LogP contribution in [-0.4, -0.2) is 8.42 Å². The summed E-state index contributed by atoms with van der Waals surface area (Å²) in [5.74, 6) is 0. The normalized spacial score (nSPS) is 11.5. The fourth-order valence-electron chi connectivity index (χ4n) is 0.642. The molecule has 5 heteroatoms. The highest BCUT2D eigenvalue weighted by Gasteiger charge is 2.14. The van der Waals surface area contributed by atoms with Crippen molar-refractivity contribution in [3.05, 3.63) is 29.3 Å². The molecular weight excluding hydrogens is 191 g/mol. The lowest BCUT2D eigenvalue weighted by atomic mass is 10.4. The van der Waals surface area contributed by atoms with Gasteiger partial charge in [0.15, 0.2) is 0 Å². The number of hydrogen-bond acceptors (Lipinski definition) is 2. The molecule has 1 rings (SSSR count). The molecule has 0 aliphatic heterocycles. The van der Waals surface area contributed by atoms with E-state index in [0.717, 1.165) is 6.07 Å². The molecule has 1 aromatic carbocycles. The van der Waals surface area contributed by atoms with Crippen LogP contribution in [0.25, 0.3) is 0 Å². The first-order valence-electron chi connectivity index (χ1n) is 2.71. The topological polar surface area (TPSA) is 34.1 Å². The van der Waals surface area contributed by atoms with Crippen LogP contribution in [-0.2, 0) is 10.2 Å². The fourth-order valence-corrected chi connectivity index (χ4v) is 1.60. The maximum Gasteiger partial charge on any atom is 0.333 e. The van der Waals surface area contributed by atoms with Crippen molar-refractivity contribution in [1.29, 1.82) is 0 Å². The van der Waals surface area contributed by atoms with Crippen LogP contribution >= 0.6 is 11.6 Å². The average molecular weight is 195 g/mol. The first kappa shape index (κ1) is 8.49. The molecule has 0 spiro atoms. The molecule has 11 heavy (non-hydrogen) atoms. The van der Waals surface area contributed by atoms with E-state index in [1.165, 1.54) is 18.2 Å². The highest BCUT2D eigenvalue weighted by molar-refractivity contribution is 7.86. The molecule has 60 valence electrons. The second-order valence-electron chi connectivity index (χ2n) is 1.87. The van der Waals surface area contributed by atoms with Crippen molar-refractivity contribution in [1.82, 2.24) is 0 Å². The lowest BCUT2D eigenvalue weighted by Gasteiger charge is -1.95. The van der Waals surface area contributed by atoms with Crippen molar-refractivity contribution in [2.24, 2.45) is 0 Å². The standard InChI is InChI=1S/C6H4ClFO2S/c7-5-3-1-2-4-6(5)11(8,9)10/h1-4H. The minimum Gasteiger partial charge on any atom is -0.189 e. The zero-order chi connectivity index (χ0) is 8.48. The molecule has 0 unspecified atom stereocenters. The Kier molecular flexibility index (Phi) is 2.15. The van der Waals surface area contributed by atoms with E-state index in [0.29, 0.717) is 0 Å². The largest absolute Gasteiger partial charge is 0.333 e. The maximum atomic E-state index is 12.3. The molecule has 0 aromatic heterocycles. The van der Waals surface area contributed by atoms with Crippen LogP contribution in [0.1, 0.15) is 0 Å². The van der Waals surface area contributed by atoms with Crippen molar-refractivity contribution >= 4 is 21.8 Å². The van der Waals surface area contributed by atoms with Gasteiger partial charge in [-0.3, -0.25) is 0 Å². The highest BCUT2D eigenvalue weighted by atomic mass is 35.5. The van der Waals surface area contributed by atoms with Gasteiger partial charge in [-0.2, -0.15) is 8.42 Å². The smallest absolute Gasteiger partial charge is 0.189 e. The molecule has 0 aliphatic rings. The van der Waals surface area contributed by atoms with Crippen molar-refractivity contribution in [3.8, 4) is 0 Å². The van der Waals surface area contributed by atoms with E-state index in [4.69, 9.17) is 11.6 Å². The second kappa shape index (κ2) is 2.79. The fraction of sp³-hybridized carbons (Fsp3) is 0. The zero-order valence-corrected chi connectivity index (χ0v) is 6.86. The Morgan fingerprint density at radius 1 is 1.27 bits per heavy atom. The average Bonchev–Trinajstić information content (AvgIpc) is 1.86. The van der Waals surface area contributed by atoms with Crippen LogP contribution in [0, 0.1) is 0 Å². The quantitative estimate of drug-likeness (QED) is 0.641.